The van der Waals surface area contributed by atoms with Gasteiger partial charge in [0, 0.05) is 18.5 Å². The summed E-state index contributed by atoms with van der Waals surface area (Å²) in [7, 11) is -3.58. The summed E-state index contributed by atoms with van der Waals surface area (Å²) < 4.78 is 32.5. The van der Waals surface area contributed by atoms with Crippen molar-refractivity contribution in [1.82, 2.24) is 10.0 Å². The number of sulfonamides is 1. The van der Waals surface area contributed by atoms with Crippen LogP contribution in [0.2, 0.25) is 0 Å². The standard InChI is InChI=1S/C25H25N3O4S/c29-24(14-15-26-25-22-12-6-7-13-23(22)33(30,31)28-25)27-16-20-10-4-5-11-21(20)18-32-17-19-8-2-1-3-9-19/h1-13H,14-18H2,(H,26,28)(H,27,29). The molecule has 0 bridgehead atoms. The Balaban J connectivity index is 1.27. The highest BCUT2D eigenvalue weighted by Gasteiger charge is 2.29. The molecule has 1 aliphatic rings. The number of benzene rings is 3. The molecule has 0 aliphatic carbocycles. The minimum Gasteiger partial charge on any atom is -0.372 e. The van der Waals surface area contributed by atoms with Gasteiger partial charge in [-0.1, -0.05) is 66.7 Å². The van der Waals surface area contributed by atoms with Crippen molar-refractivity contribution in [2.75, 3.05) is 6.54 Å². The van der Waals surface area contributed by atoms with E-state index in [9.17, 15) is 13.2 Å². The molecule has 33 heavy (non-hydrogen) atoms. The topological polar surface area (TPSA) is 96.9 Å². The Bertz CT molecular complexity index is 1260. The first-order valence-corrected chi connectivity index (χ1v) is 12.1. The zero-order valence-corrected chi connectivity index (χ0v) is 18.8. The van der Waals surface area contributed by atoms with Crippen LogP contribution in [0, 0.1) is 0 Å². The van der Waals surface area contributed by atoms with Crippen LogP contribution in [0.4, 0.5) is 0 Å². The van der Waals surface area contributed by atoms with Gasteiger partial charge in [0.15, 0.2) is 0 Å². The third kappa shape index (κ3) is 5.85. The van der Waals surface area contributed by atoms with Gasteiger partial charge >= 0.3 is 0 Å². The van der Waals surface area contributed by atoms with Crippen LogP contribution in [0.3, 0.4) is 0 Å². The molecule has 170 valence electrons. The first-order valence-electron chi connectivity index (χ1n) is 10.6. The molecule has 0 saturated heterocycles. The Kier molecular flexibility index (Phi) is 7.16. The van der Waals surface area contributed by atoms with Gasteiger partial charge in [-0.05, 0) is 28.8 Å². The molecule has 1 amide bonds. The average molecular weight is 464 g/mol. The van der Waals surface area contributed by atoms with Gasteiger partial charge in [-0.2, -0.15) is 0 Å². The van der Waals surface area contributed by atoms with Crippen LogP contribution < -0.4 is 10.0 Å². The molecule has 1 heterocycles. The number of amidine groups is 1. The van der Waals surface area contributed by atoms with Crippen molar-refractivity contribution in [2.24, 2.45) is 4.99 Å². The molecular weight excluding hydrogens is 438 g/mol. The molecule has 0 fully saturated rings. The summed E-state index contributed by atoms with van der Waals surface area (Å²) in [6.07, 6.45) is 0.153. The van der Waals surface area contributed by atoms with Crippen LogP contribution in [0.15, 0.2) is 88.8 Å². The number of rotatable bonds is 9. The monoisotopic (exact) mass is 463 g/mol. The van der Waals surface area contributed by atoms with Crippen molar-refractivity contribution < 1.29 is 17.9 Å². The molecule has 2 N–H and O–H groups in total. The zero-order chi connectivity index (χ0) is 23.1. The maximum Gasteiger partial charge on any atom is 0.263 e. The van der Waals surface area contributed by atoms with Gasteiger partial charge in [-0.15, -0.1) is 0 Å². The first-order chi connectivity index (χ1) is 16.0. The second-order valence-corrected chi connectivity index (χ2v) is 9.26. The van der Waals surface area contributed by atoms with Crippen LogP contribution in [0.1, 0.15) is 28.7 Å². The van der Waals surface area contributed by atoms with Crippen molar-refractivity contribution in [1.29, 1.82) is 0 Å². The smallest absolute Gasteiger partial charge is 0.263 e. The fourth-order valence-electron chi connectivity index (χ4n) is 3.53. The number of nitrogens with one attached hydrogen (secondary N) is 2. The lowest BCUT2D eigenvalue weighted by Crippen LogP contribution is -2.25. The Hall–Kier alpha value is -3.49. The maximum absolute atomic E-state index is 12.3. The van der Waals surface area contributed by atoms with Gasteiger partial charge < -0.3 is 10.1 Å². The Labute approximate surface area is 193 Å². The molecule has 0 radical (unpaired) electrons. The summed E-state index contributed by atoms with van der Waals surface area (Å²) in [5, 5.41) is 2.91. The number of hydrogen-bond donors (Lipinski definition) is 2. The largest absolute Gasteiger partial charge is 0.372 e. The summed E-state index contributed by atoms with van der Waals surface area (Å²) in [6.45, 7) is 1.54. The van der Waals surface area contributed by atoms with Crippen LogP contribution in [0.25, 0.3) is 0 Å². The predicted octanol–water partition coefficient (Wildman–Crippen LogP) is 3.15. The van der Waals surface area contributed by atoms with Gasteiger partial charge in [0.05, 0.1) is 24.7 Å². The predicted molar refractivity (Wildman–Crippen MR) is 126 cm³/mol. The van der Waals surface area contributed by atoms with E-state index in [4.69, 9.17) is 4.74 Å². The Morgan fingerprint density at radius 3 is 2.39 bits per heavy atom. The van der Waals surface area contributed by atoms with Gasteiger partial charge in [-0.3, -0.25) is 14.5 Å². The molecule has 1 aliphatic heterocycles. The van der Waals surface area contributed by atoms with Gasteiger partial charge in [-0.25, -0.2) is 8.42 Å². The van der Waals surface area contributed by atoms with Gasteiger partial charge in [0.25, 0.3) is 10.0 Å². The molecule has 3 aromatic rings. The van der Waals surface area contributed by atoms with Crippen molar-refractivity contribution in [3.05, 3.63) is 101 Å². The fraction of sp³-hybridized carbons (Fsp3) is 0.200. The number of fused-ring (bicyclic) bond motifs is 1. The molecule has 0 spiro atoms. The van der Waals surface area contributed by atoms with E-state index in [1.807, 2.05) is 54.6 Å². The minimum atomic E-state index is -3.58. The number of ether oxygens (including phenoxy) is 1. The highest BCUT2D eigenvalue weighted by atomic mass is 32.2. The number of carbonyl (C=O) groups excluding carboxylic acids is 1. The number of amides is 1. The zero-order valence-electron chi connectivity index (χ0n) is 18.0. The number of nitrogens with zero attached hydrogens (tertiary/aromatic N) is 1. The quantitative estimate of drug-likeness (QED) is 0.510. The molecule has 3 aromatic carbocycles. The van der Waals surface area contributed by atoms with Crippen LogP contribution in [-0.2, 0) is 39.3 Å². The van der Waals surface area contributed by atoms with Crippen molar-refractivity contribution in [2.45, 2.75) is 31.1 Å². The highest BCUT2D eigenvalue weighted by Crippen LogP contribution is 2.22. The van der Waals surface area contributed by atoms with E-state index in [0.717, 1.165) is 16.7 Å². The SMILES string of the molecule is O=C(CCN=C1NS(=O)(=O)c2ccccc21)NCc1ccccc1COCc1ccccc1. The van der Waals surface area contributed by atoms with E-state index < -0.39 is 10.0 Å². The molecule has 0 unspecified atom stereocenters. The number of hydrogen-bond acceptors (Lipinski definition) is 5. The highest BCUT2D eigenvalue weighted by molar-refractivity contribution is 7.90. The lowest BCUT2D eigenvalue weighted by Gasteiger charge is -2.11. The van der Waals surface area contributed by atoms with Crippen molar-refractivity contribution >= 4 is 21.8 Å². The van der Waals surface area contributed by atoms with E-state index in [1.54, 1.807) is 18.2 Å². The minimum absolute atomic E-state index is 0.153. The number of carbonyl (C=O) groups is 1. The summed E-state index contributed by atoms with van der Waals surface area (Å²) >= 11 is 0. The molecule has 7 nitrogen and oxygen atoms in total. The molecule has 4 rings (SSSR count). The maximum atomic E-state index is 12.3. The first kappa shape index (κ1) is 22.7. The Morgan fingerprint density at radius 2 is 1.58 bits per heavy atom. The summed E-state index contributed by atoms with van der Waals surface area (Å²) in [5.41, 5.74) is 3.65. The van der Waals surface area contributed by atoms with E-state index in [-0.39, 0.29) is 29.6 Å². The van der Waals surface area contributed by atoms with E-state index in [1.165, 1.54) is 6.07 Å². The molecule has 0 atom stereocenters. The summed E-state index contributed by atoms with van der Waals surface area (Å²) in [5.74, 6) is 0.118. The Morgan fingerprint density at radius 1 is 0.879 bits per heavy atom. The molecule has 0 aromatic heterocycles. The summed E-state index contributed by atoms with van der Waals surface area (Å²) in [4.78, 5) is 16.8. The third-order valence-corrected chi connectivity index (χ3v) is 6.63. The van der Waals surface area contributed by atoms with E-state index >= 15 is 0 Å². The fourth-order valence-corrected chi connectivity index (χ4v) is 4.78. The second kappa shape index (κ2) is 10.4. The summed E-state index contributed by atoms with van der Waals surface area (Å²) in [6, 6.07) is 24.4. The van der Waals surface area contributed by atoms with Crippen LogP contribution in [0.5, 0.6) is 0 Å². The average Bonchev–Trinajstić information content (AvgIpc) is 3.09. The van der Waals surface area contributed by atoms with Crippen molar-refractivity contribution in [3.8, 4) is 0 Å². The molecular formula is C25H25N3O4S. The lowest BCUT2D eigenvalue weighted by atomic mass is 10.1. The van der Waals surface area contributed by atoms with Gasteiger partial charge in [0.2, 0.25) is 5.91 Å². The normalized spacial score (nSPS) is 15.1. The van der Waals surface area contributed by atoms with Gasteiger partial charge in [0.1, 0.15) is 5.84 Å². The number of aliphatic imine (C=N–C) groups is 1. The second-order valence-electron chi connectivity index (χ2n) is 7.61. The van der Waals surface area contributed by atoms with Crippen LogP contribution >= 0.6 is 0 Å². The van der Waals surface area contributed by atoms with Crippen LogP contribution in [-0.4, -0.2) is 26.7 Å². The molecule has 8 heteroatoms. The molecule has 0 saturated carbocycles. The van der Waals surface area contributed by atoms with Crippen molar-refractivity contribution in [3.63, 3.8) is 0 Å². The third-order valence-electron chi connectivity index (χ3n) is 5.24. The van der Waals surface area contributed by atoms with E-state index in [0.29, 0.717) is 25.3 Å². The lowest BCUT2D eigenvalue weighted by molar-refractivity contribution is -0.121. The van der Waals surface area contributed by atoms with E-state index in [2.05, 4.69) is 15.0 Å².